The number of ether oxygens (including phenoxy) is 1. The van der Waals surface area contributed by atoms with Crippen LogP contribution in [0.25, 0.3) is 31.7 Å². The third-order valence-electron chi connectivity index (χ3n) is 7.72. The topological polar surface area (TPSA) is 84.0 Å². The zero-order valence-electron chi connectivity index (χ0n) is 22.3. The lowest BCUT2D eigenvalue weighted by atomic mass is 9.98. The molecule has 0 amide bonds. The number of nitriles is 1. The minimum absolute atomic E-state index is 0.453. The van der Waals surface area contributed by atoms with Crippen molar-refractivity contribution in [3.63, 3.8) is 0 Å². The van der Waals surface area contributed by atoms with E-state index in [1.807, 2.05) is 37.3 Å². The molecule has 1 atom stereocenters. The zero-order chi connectivity index (χ0) is 27.8. The van der Waals surface area contributed by atoms with E-state index < -0.39 is 17.4 Å². The number of halogens is 1. The van der Waals surface area contributed by atoms with Crippen LogP contribution in [0.15, 0.2) is 65.7 Å². The molecule has 5 aromatic rings. The number of hydrogen-bond donors (Lipinski definition) is 0. The summed E-state index contributed by atoms with van der Waals surface area (Å²) in [6, 6.07) is 15.9. The highest BCUT2D eigenvalue weighted by Gasteiger charge is 2.21. The molecule has 0 saturated carbocycles. The second-order valence-electron chi connectivity index (χ2n) is 10.4. The van der Waals surface area contributed by atoms with E-state index in [4.69, 9.17) is 4.74 Å². The summed E-state index contributed by atoms with van der Waals surface area (Å²) in [4.78, 5) is 25.1. The number of hydrogen-bond acceptors (Lipinski definition) is 7. The molecule has 202 valence electrons. The number of benzene rings is 2. The summed E-state index contributed by atoms with van der Waals surface area (Å²) in [5.74, 6) is 0.909. The molecular weight excluding hydrogens is 525 g/mol. The van der Waals surface area contributed by atoms with E-state index in [9.17, 15) is 14.4 Å². The highest BCUT2D eigenvalue weighted by Crippen LogP contribution is 2.36. The Morgan fingerprint density at radius 1 is 1.12 bits per heavy atom. The summed E-state index contributed by atoms with van der Waals surface area (Å²) in [5.41, 5.74) is 1.43. The number of rotatable bonds is 6. The first-order valence-corrected chi connectivity index (χ1v) is 14.1. The molecule has 1 aliphatic heterocycles. The molecular formula is C31H28FN5O2S. The molecule has 9 heteroatoms. The predicted molar refractivity (Wildman–Crippen MR) is 155 cm³/mol. The monoisotopic (exact) mass is 553 g/mol. The summed E-state index contributed by atoms with van der Waals surface area (Å²) in [6.45, 7) is 4.73. The number of thiophene rings is 1. The number of nitrogens with zero attached hydrogens (tertiary/aromatic N) is 5. The molecule has 0 bridgehead atoms. The molecule has 0 N–H and O–H groups in total. The SMILES string of the molecule is C[C@H](c1cccc(-c2ncc(OCC3CCN(C)CC3)cn2)c1)n1c(=O)c(F)cc2c3cc(C#N)ccc3sc21. The van der Waals surface area contributed by atoms with Crippen LogP contribution in [-0.4, -0.2) is 46.2 Å². The maximum atomic E-state index is 14.9. The van der Waals surface area contributed by atoms with E-state index in [0.717, 1.165) is 47.1 Å². The molecule has 1 saturated heterocycles. The summed E-state index contributed by atoms with van der Waals surface area (Å²) in [6.07, 6.45) is 5.65. The van der Waals surface area contributed by atoms with E-state index in [0.29, 0.717) is 39.9 Å². The van der Waals surface area contributed by atoms with Crippen LogP contribution in [0.1, 0.15) is 36.9 Å². The van der Waals surface area contributed by atoms with Crippen molar-refractivity contribution in [1.82, 2.24) is 19.4 Å². The van der Waals surface area contributed by atoms with Gasteiger partial charge >= 0.3 is 0 Å². The highest BCUT2D eigenvalue weighted by atomic mass is 32.1. The second kappa shape index (κ2) is 10.8. The number of pyridine rings is 1. The van der Waals surface area contributed by atoms with Crippen LogP contribution in [0.4, 0.5) is 4.39 Å². The molecule has 0 radical (unpaired) electrons. The van der Waals surface area contributed by atoms with Gasteiger partial charge in [0.1, 0.15) is 4.83 Å². The van der Waals surface area contributed by atoms with Crippen molar-refractivity contribution < 1.29 is 9.13 Å². The second-order valence-corrected chi connectivity index (χ2v) is 11.4. The van der Waals surface area contributed by atoms with Gasteiger partial charge in [0.25, 0.3) is 5.56 Å². The lowest BCUT2D eigenvalue weighted by Gasteiger charge is -2.28. The Kier molecular flexibility index (Phi) is 7.05. The number of fused-ring (bicyclic) bond motifs is 3. The summed E-state index contributed by atoms with van der Waals surface area (Å²) >= 11 is 1.42. The van der Waals surface area contributed by atoms with Crippen molar-refractivity contribution in [2.45, 2.75) is 25.8 Å². The van der Waals surface area contributed by atoms with E-state index in [1.54, 1.807) is 24.5 Å². The van der Waals surface area contributed by atoms with E-state index in [2.05, 4.69) is 28.0 Å². The average molecular weight is 554 g/mol. The molecule has 2 aromatic carbocycles. The Morgan fingerprint density at radius 2 is 1.90 bits per heavy atom. The first kappa shape index (κ1) is 26.1. The van der Waals surface area contributed by atoms with Gasteiger partial charge in [-0.3, -0.25) is 9.36 Å². The molecule has 40 heavy (non-hydrogen) atoms. The Bertz CT molecular complexity index is 1800. The van der Waals surface area contributed by atoms with Crippen LogP contribution in [0.5, 0.6) is 5.75 Å². The van der Waals surface area contributed by atoms with Crippen molar-refractivity contribution in [3.05, 3.63) is 88.2 Å². The maximum absolute atomic E-state index is 14.9. The normalized spacial score (nSPS) is 15.3. The number of piperidine rings is 1. The third-order valence-corrected chi connectivity index (χ3v) is 8.90. The predicted octanol–water partition coefficient (Wildman–Crippen LogP) is 6.01. The van der Waals surface area contributed by atoms with E-state index in [1.165, 1.54) is 22.0 Å². The Hall–Kier alpha value is -4.13. The van der Waals surface area contributed by atoms with Gasteiger partial charge in [-0.15, -0.1) is 11.3 Å². The summed E-state index contributed by atoms with van der Waals surface area (Å²) < 4.78 is 23.3. The van der Waals surface area contributed by atoms with Gasteiger partial charge < -0.3 is 9.64 Å². The largest absolute Gasteiger partial charge is 0.490 e. The van der Waals surface area contributed by atoms with E-state index in [-0.39, 0.29) is 0 Å². The lowest BCUT2D eigenvalue weighted by Crippen LogP contribution is -2.32. The maximum Gasteiger partial charge on any atom is 0.288 e. The van der Waals surface area contributed by atoms with Gasteiger partial charge in [0.2, 0.25) is 0 Å². The molecule has 0 aliphatic carbocycles. The molecule has 3 aromatic heterocycles. The Balaban J connectivity index is 1.28. The van der Waals surface area contributed by atoms with Gasteiger partial charge in [-0.25, -0.2) is 14.4 Å². The Morgan fingerprint density at radius 3 is 2.65 bits per heavy atom. The van der Waals surface area contributed by atoms with Crippen molar-refractivity contribution in [2.24, 2.45) is 5.92 Å². The third kappa shape index (κ3) is 4.96. The van der Waals surface area contributed by atoms with Gasteiger partial charge in [-0.2, -0.15) is 5.26 Å². The van der Waals surface area contributed by atoms with E-state index >= 15 is 0 Å². The van der Waals surface area contributed by atoms with Crippen LogP contribution in [-0.2, 0) is 0 Å². The fourth-order valence-corrected chi connectivity index (χ4v) is 6.55. The zero-order valence-corrected chi connectivity index (χ0v) is 23.1. The molecule has 4 heterocycles. The molecule has 7 nitrogen and oxygen atoms in total. The fraction of sp³-hybridized carbons (Fsp3) is 0.290. The summed E-state index contributed by atoms with van der Waals surface area (Å²) in [7, 11) is 2.15. The lowest BCUT2D eigenvalue weighted by molar-refractivity contribution is 0.159. The fourth-order valence-electron chi connectivity index (χ4n) is 5.31. The first-order chi connectivity index (χ1) is 19.4. The van der Waals surface area contributed by atoms with Gasteiger partial charge in [-0.05, 0) is 81.7 Å². The standard InChI is InChI=1S/C31H28FN5O2S/c1-19(37-30(38)27(32)14-26-25-12-21(15-33)6-7-28(25)40-31(26)37)22-4-3-5-23(13-22)29-34-16-24(17-35-29)39-18-20-8-10-36(2)11-9-20/h3-7,12-14,16-17,19-20H,8-11,18H2,1-2H3/t19-/m1/s1. The first-order valence-electron chi connectivity index (χ1n) is 13.3. The molecule has 1 fully saturated rings. The minimum atomic E-state index is -0.822. The molecule has 0 spiro atoms. The quantitative estimate of drug-likeness (QED) is 0.256. The minimum Gasteiger partial charge on any atom is -0.490 e. The Labute approximate surface area is 235 Å². The van der Waals surface area contributed by atoms with Crippen LogP contribution < -0.4 is 10.3 Å². The van der Waals surface area contributed by atoms with Gasteiger partial charge in [0.05, 0.1) is 36.7 Å². The van der Waals surface area contributed by atoms with Crippen molar-refractivity contribution in [2.75, 3.05) is 26.7 Å². The van der Waals surface area contributed by atoms with Crippen LogP contribution >= 0.6 is 11.3 Å². The van der Waals surface area contributed by atoms with Crippen molar-refractivity contribution >= 4 is 31.6 Å². The van der Waals surface area contributed by atoms with Gasteiger partial charge in [-0.1, -0.05) is 18.2 Å². The van der Waals surface area contributed by atoms with Crippen LogP contribution in [0.2, 0.25) is 0 Å². The highest BCUT2D eigenvalue weighted by molar-refractivity contribution is 7.25. The molecule has 0 unspecified atom stereocenters. The molecule has 1 aliphatic rings. The van der Waals surface area contributed by atoms with Crippen molar-refractivity contribution in [1.29, 1.82) is 5.26 Å². The molecule has 6 rings (SSSR count). The van der Waals surface area contributed by atoms with Crippen molar-refractivity contribution in [3.8, 4) is 23.2 Å². The van der Waals surface area contributed by atoms with Crippen LogP contribution in [0, 0.1) is 23.1 Å². The number of aromatic nitrogens is 3. The average Bonchev–Trinajstić information content (AvgIpc) is 3.34. The summed E-state index contributed by atoms with van der Waals surface area (Å²) in [5, 5.41) is 10.7. The van der Waals surface area contributed by atoms with Gasteiger partial charge in [0.15, 0.2) is 17.4 Å². The van der Waals surface area contributed by atoms with Crippen LogP contribution in [0.3, 0.4) is 0 Å². The van der Waals surface area contributed by atoms with Gasteiger partial charge in [0, 0.05) is 21.0 Å². The smallest absolute Gasteiger partial charge is 0.288 e. The number of likely N-dealkylation sites (tertiary alicyclic amines) is 1.